The molecule has 32 heavy (non-hydrogen) atoms. The molecule has 0 aliphatic heterocycles. The van der Waals surface area contributed by atoms with Crippen LogP contribution in [0.4, 0.5) is 5.69 Å². The van der Waals surface area contributed by atoms with Gasteiger partial charge >= 0.3 is 0 Å². The fourth-order valence-electron chi connectivity index (χ4n) is 4.06. The predicted octanol–water partition coefficient (Wildman–Crippen LogP) is 5.15. The zero-order valence-corrected chi connectivity index (χ0v) is 18.5. The average Bonchev–Trinajstić information content (AvgIpc) is 3.26. The molecular formula is C26H25NO5. The maximum Gasteiger partial charge on any atom is 0.239 e. The molecule has 0 spiro atoms. The van der Waals surface area contributed by atoms with Gasteiger partial charge in [0.15, 0.2) is 23.0 Å². The number of anilines is 1. The van der Waals surface area contributed by atoms with Crippen molar-refractivity contribution in [1.29, 1.82) is 0 Å². The molecule has 3 aromatic rings. The highest BCUT2D eigenvalue weighted by Crippen LogP contribution is 2.45. The van der Waals surface area contributed by atoms with Gasteiger partial charge in [-0.25, -0.2) is 0 Å². The molecule has 0 heterocycles. The van der Waals surface area contributed by atoms with Crippen LogP contribution in [0, 0.1) is 5.92 Å². The first-order valence-electron chi connectivity index (χ1n) is 10.2. The quantitative estimate of drug-likeness (QED) is 0.560. The van der Waals surface area contributed by atoms with Crippen LogP contribution in [0.2, 0.25) is 0 Å². The number of fused-ring (bicyclic) bond motifs is 1. The smallest absolute Gasteiger partial charge is 0.239 e. The summed E-state index contributed by atoms with van der Waals surface area (Å²) in [5.41, 5.74) is 2.56. The summed E-state index contributed by atoms with van der Waals surface area (Å²) in [4.78, 5) is 13.1. The Bertz CT molecular complexity index is 1210. The van der Waals surface area contributed by atoms with E-state index in [9.17, 15) is 4.79 Å². The van der Waals surface area contributed by atoms with Crippen molar-refractivity contribution in [2.75, 3.05) is 33.8 Å². The number of carbonyl (C=O) groups is 1. The molecule has 1 amide bonds. The van der Waals surface area contributed by atoms with Crippen molar-refractivity contribution in [2.45, 2.75) is 0 Å². The molecule has 0 aromatic heterocycles. The highest BCUT2D eigenvalue weighted by molar-refractivity contribution is 6.10. The number of hydrogen-bond donors (Lipinski definition) is 1. The second kappa shape index (κ2) is 9.06. The van der Waals surface area contributed by atoms with Gasteiger partial charge in [0.1, 0.15) is 5.92 Å². The van der Waals surface area contributed by atoms with Gasteiger partial charge in [-0.2, -0.15) is 0 Å². The Kier molecular flexibility index (Phi) is 6.03. The monoisotopic (exact) mass is 431 g/mol. The zero-order chi connectivity index (χ0) is 22.7. The minimum Gasteiger partial charge on any atom is -0.496 e. The molecule has 6 heteroatoms. The van der Waals surface area contributed by atoms with Gasteiger partial charge in [0.05, 0.1) is 28.4 Å². The summed E-state index contributed by atoms with van der Waals surface area (Å²) in [6.45, 7) is 0. The molecule has 1 aliphatic carbocycles. The van der Waals surface area contributed by atoms with E-state index >= 15 is 0 Å². The molecule has 3 aromatic carbocycles. The van der Waals surface area contributed by atoms with Crippen LogP contribution in [-0.4, -0.2) is 34.3 Å². The first-order chi connectivity index (χ1) is 15.6. The van der Waals surface area contributed by atoms with Gasteiger partial charge in [-0.3, -0.25) is 4.79 Å². The van der Waals surface area contributed by atoms with Crippen LogP contribution < -0.4 is 14.8 Å². The molecule has 164 valence electrons. The molecular weight excluding hydrogens is 406 g/mol. The van der Waals surface area contributed by atoms with E-state index in [1.54, 1.807) is 33.5 Å². The topological polar surface area (TPSA) is 66.0 Å². The van der Waals surface area contributed by atoms with Crippen LogP contribution in [0.1, 0.15) is 0 Å². The van der Waals surface area contributed by atoms with Crippen LogP contribution in [-0.2, 0) is 14.3 Å². The third kappa shape index (κ3) is 3.64. The number of ether oxygens (including phenoxy) is 4. The molecule has 0 saturated carbocycles. The second-order valence-corrected chi connectivity index (χ2v) is 7.22. The highest BCUT2D eigenvalue weighted by Gasteiger charge is 2.29. The Balaban J connectivity index is 1.83. The molecule has 0 radical (unpaired) electrons. The Hall–Kier alpha value is -3.93. The number of methoxy groups -OCH3 is 4. The van der Waals surface area contributed by atoms with Crippen LogP contribution in [0.25, 0.3) is 21.9 Å². The van der Waals surface area contributed by atoms with Crippen molar-refractivity contribution in [3.63, 3.8) is 0 Å². The van der Waals surface area contributed by atoms with E-state index in [-0.39, 0.29) is 5.91 Å². The number of carbonyl (C=O) groups excluding carboxylic acids is 1. The first kappa shape index (κ1) is 21.3. The van der Waals surface area contributed by atoms with Crippen molar-refractivity contribution in [3.05, 3.63) is 78.3 Å². The van der Waals surface area contributed by atoms with Crippen molar-refractivity contribution in [2.24, 2.45) is 5.92 Å². The summed E-state index contributed by atoms with van der Waals surface area (Å²) in [5.74, 6) is 1.47. The molecule has 1 atom stereocenters. The highest BCUT2D eigenvalue weighted by atomic mass is 16.5. The molecule has 0 saturated heterocycles. The maximum atomic E-state index is 13.1. The summed E-state index contributed by atoms with van der Waals surface area (Å²) in [6, 6.07) is 17.6. The molecule has 1 aliphatic rings. The minimum absolute atomic E-state index is 0.214. The van der Waals surface area contributed by atoms with E-state index in [2.05, 4.69) is 5.32 Å². The summed E-state index contributed by atoms with van der Waals surface area (Å²) in [7, 11) is 6.31. The number of allylic oxidation sites excluding steroid dienone is 1. The van der Waals surface area contributed by atoms with Gasteiger partial charge in [0, 0.05) is 16.6 Å². The predicted molar refractivity (Wildman–Crippen MR) is 125 cm³/mol. The molecule has 6 nitrogen and oxygen atoms in total. The summed E-state index contributed by atoms with van der Waals surface area (Å²) < 4.78 is 22.1. The fraction of sp³-hybridized carbons (Fsp3) is 0.192. The van der Waals surface area contributed by atoms with Crippen LogP contribution in [0.15, 0.2) is 78.3 Å². The van der Waals surface area contributed by atoms with Crippen LogP contribution in [0.3, 0.4) is 0 Å². The summed E-state index contributed by atoms with van der Waals surface area (Å²) in [5, 5.41) is 4.83. The zero-order valence-electron chi connectivity index (χ0n) is 18.5. The van der Waals surface area contributed by atoms with Crippen molar-refractivity contribution < 1.29 is 23.7 Å². The Morgan fingerprint density at radius 1 is 0.844 bits per heavy atom. The Morgan fingerprint density at radius 2 is 1.62 bits per heavy atom. The number of rotatable bonds is 7. The molecule has 4 rings (SSSR count). The second-order valence-electron chi connectivity index (χ2n) is 7.22. The third-order valence-corrected chi connectivity index (χ3v) is 5.53. The number of amides is 1. The van der Waals surface area contributed by atoms with E-state index in [0.717, 1.165) is 21.9 Å². The van der Waals surface area contributed by atoms with Crippen molar-refractivity contribution >= 4 is 22.4 Å². The van der Waals surface area contributed by atoms with E-state index in [4.69, 9.17) is 18.9 Å². The average molecular weight is 431 g/mol. The minimum atomic E-state index is -0.570. The van der Waals surface area contributed by atoms with E-state index in [1.807, 2.05) is 54.6 Å². The Labute approximate surface area is 187 Å². The Morgan fingerprint density at radius 3 is 2.28 bits per heavy atom. The molecule has 0 bridgehead atoms. The SMILES string of the molecule is COC1=C(OC)C(C(=O)Nc2cccc3c(-c4ccccc4)c(OC)c(OC)cc23)C=C1. The lowest BCUT2D eigenvalue weighted by Crippen LogP contribution is -2.23. The lowest BCUT2D eigenvalue weighted by atomic mass is 9.95. The van der Waals surface area contributed by atoms with Crippen LogP contribution in [0.5, 0.6) is 11.5 Å². The third-order valence-electron chi connectivity index (χ3n) is 5.53. The number of benzene rings is 3. The van der Waals surface area contributed by atoms with E-state index < -0.39 is 5.92 Å². The van der Waals surface area contributed by atoms with Gasteiger partial charge in [0.2, 0.25) is 5.91 Å². The van der Waals surface area contributed by atoms with Gasteiger partial charge in [0.25, 0.3) is 0 Å². The first-order valence-corrected chi connectivity index (χ1v) is 10.2. The number of hydrogen-bond acceptors (Lipinski definition) is 5. The van der Waals surface area contributed by atoms with Crippen molar-refractivity contribution in [1.82, 2.24) is 0 Å². The van der Waals surface area contributed by atoms with E-state index in [0.29, 0.717) is 28.7 Å². The summed E-state index contributed by atoms with van der Waals surface area (Å²) in [6.07, 6.45) is 3.50. The standard InChI is InChI=1S/C26H25NO5/c1-29-21-14-13-18(24(21)31-3)26(28)27-20-12-8-11-17-19(20)15-22(30-2)25(32-4)23(17)16-9-6-5-7-10-16/h5-15,18H,1-4H3,(H,27,28). The largest absolute Gasteiger partial charge is 0.496 e. The molecule has 1 unspecified atom stereocenters. The van der Waals surface area contributed by atoms with Crippen molar-refractivity contribution in [3.8, 4) is 22.6 Å². The summed E-state index contributed by atoms with van der Waals surface area (Å²) >= 11 is 0. The number of nitrogens with one attached hydrogen (secondary N) is 1. The van der Waals surface area contributed by atoms with Crippen LogP contribution >= 0.6 is 0 Å². The fourth-order valence-corrected chi connectivity index (χ4v) is 4.06. The van der Waals surface area contributed by atoms with Gasteiger partial charge in [-0.15, -0.1) is 0 Å². The van der Waals surface area contributed by atoms with E-state index in [1.165, 1.54) is 7.11 Å². The normalized spacial score (nSPS) is 15.1. The van der Waals surface area contributed by atoms with Gasteiger partial charge in [-0.05, 0) is 29.2 Å². The molecule has 1 N–H and O–H groups in total. The molecule has 0 fully saturated rings. The maximum absolute atomic E-state index is 13.1. The lowest BCUT2D eigenvalue weighted by Gasteiger charge is -2.19. The van der Waals surface area contributed by atoms with Gasteiger partial charge < -0.3 is 24.3 Å². The lowest BCUT2D eigenvalue weighted by molar-refractivity contribution is -0.118. The van der Waals surface area contributed by atoms with Gasteiger partial charge in [-0.1, -0.05) is 48.5 Å².